The monoisotopic (exact) mass is 412 g/mol. The van der Waals surface area contributed by atoms with Crippen LogP contribution in [0, 0.1) is 0 Å². The fraction of sp³-hybridized carbons (Fsp3) is 0.542. The summed E-state index contributed by atoms with van der Waals surface area (Å²) in [4.78, 5) is 6.98. The van der Waals surface area contributed by atoms with E-state index >= 15 is 0 Å². The van der Waals surface area contributed by atoms with Crippen LogP contribution in [0.15, 0.2) is 47.5 Å². The number of rotatable bonds is 11. The fourth-order valence-corrected chi connectivity index (χ4v) is 4.00. The first kappa shape index (κ1) is 22.5. The summed E-state index contributed by atoms with van der Waals surface area (Å²) < 4.78 is 5.93. The Morgan fingerprint density at radius 1 is 1.23 bits per heavy atom. The number of aromatic nitrogens is 1. The maximum Gasteiger partial charge on any atom is 0.232 e. The summed E-state index contributed by atoms with van der Waals surface area (Å²) in [6, 6.07) is 10.2. The van der Waals surface area contributed by atoms with Gasteiger partial charge in [0.2, 0.25) is 5.88 Å². The van der Waals surface area contributed by atoms with Crippen molar-refractivity contribution in [1.82, 2.24) is 15.0 Å². The third kappa shape index (κ3) is 5.94. The lowest BCUT2D eigenvalue weighted by atomic mass is 10.1. The molecule has 1 aliphatic heterocycles. The van der Waals surface area contributed by atoms with Crippen LogP contribution in [0.3, 0.4) is 0 Å². The Hall–Kier alpha value is -2.15. The molecule has 164 valence electrons. The Morgan fingerprint density at radius 2 is 1.97 bits per heavy atom. The highest BCUT2D eigenvalue weighted by atomic mass is 16.5. The lowest BCUT2D eigenvalue weighted by molar-refractivity contribution is 0.102. The Labute approximate surface area is 180 Å². The lowest BCUT2D eigenvalue weighted by Crippen LogP contribution is -2.45. The van der Waals surface area contributed by atoms with Crippen LogP contribution in [0.2, 0.25) is 0 Å². The summed E-state index contributed by atoms with van der Waals surface area (Å²) in [5.74, 6) is 0.878. The topological polar surface area (TPSA) is 56.0 Å². The van der Waals surface area contributed by atoms with Gasteiger partial charge in [0, 0.05) is 44.8 Å². The molecule has 1 unspecified atom stereocenters. The van der Waals surface area contributed by atoms with Gasteiger partial charge in [-0.25, -0.2) is 0 Å². The Morgan fingerprint density at radius 3 is 2.63 bits per heavy atom. The van der Waals surface area contributed by atoms with Gasteiger partial charge in [-0.2, -0.15) is 0 Å². The number of allylic oxidation sites excluding steroid dienone is 1. The van der Waals surface area contributed by atoms with Crippen LogP contribution in [-0.4, -0.2) is 72.5 Å². The first-order valence-corrected chi connectivity index (χ1v) is 11.1. The molecule has 6 nitrogen and oxygen atoms in total. The molecule has 0 bridgehead atoms. The highest BCUT2D eigenvalue weighted by Gasteiger charge is 2.26. The predicted octanol–water partition coefficient (Wildman–Crippen LogP) is 3.63. The number of likely N-dealkylation sites (N-methyl/N-ethyl adjacent to an activating group) is 1. The lowest BCUT2D eigenvalue weighted by Gasteiger charge is -2.33. The van der Waals surface area contributed by atoms with Crippen molar-refractivity contribution in [2.24, 2.45) is 0 Å². The highest BCUT2D eigenvalue weighted by Crippen LogP contribution is 2.33. The molecule has 6 heteroatoms. The van der Waals surface area contributed by atoms with Crippen LogP contribution in [-0.2, 0) is 6.54 Å². The molecule has 1 aromatic carbocycles. The van der Waals surface area contributed by atoms with Crippen LogP contribution >= 0.6 is 0 Å². The van der Waals surface area contributed by atoms with E-state index in [9.17, 15) is 5.11 Å². The average Bonchev–Trinajstić information content (AvgIpc) is 3.17. The average molecular weight is 413 g/mol. The molecule has 1 aromatic heterocycles. The van der Waals surface area contributed by atoms with Gasteiger partial charge in [-0.1, -0.05) is 48.5 Å². The van der Waals surface area contributed by atoms with E-state index < -0.39 is 0 Å². The molecule has 3 rings (SSSR count). The molecule has 1 aliphatic rings. The normalized spacial score (nSPS) is 16.2. The standard InChI is InChI=1S/C24H36N4O2/c1-4-6-12-21(29)18-27(13-5-2)19-22-23(20-10-8-7-9-11-20)25-30-24(22)28-16-14-26(3)15-17-28/h4,7-11,21,29H,1,5-6,12-19H2,2-3H3. The molecular weight excluding hydrogens is 376 g/mol. The van der Waals surface area contributed by atoms with Gasteiger partial charge < -0.3 is 19.4 Å². The van der Waals surface area contributed by atoms with Crippen LogP contribution < -0.4 is 4.90 Å². The van der Waals surface area contributed by atoms with Crippen LogP contribution in [0.1, 0.15) is 31.7 Å². The van der Waals surface area contributed by atoms with Gasteiger partial charge in [-0.3, -0.25) is 4.90 Å². The number of aliphatic hydroxyl groups is 1. The minimum absolute atomic E-state index is 0.360. The van der Waals surface area contributed by atoms with Gasteiger partial charge in [0.15, 0.2) is 0 Å². The molecule has 1 fully saturated rings. The third-order valence-corrected chi connectivity index (χ3v) is 5.70. The van der Waals surface area contributed by atoms with Gasteiger partial charge in [-0.15, -0.1) is 6.58 Å². The minimum atomic E-state index is -0.360. The molecule has 0 saturated carbocycles. The number of aliphatic hydroxyl groups excluding tert-OH is 1. The number of nitrogens with zero attached hydrogens (tertiary/aromatic N) is 4. The number of hydrogen-bond donors (Lipinski definition) is 1. The second kappa shape index (κ2) is 11.3. The Bertz CT molecular complexity index is 769. The van der Waals surface area contributed by atoms with Crippen LogP contribution in [0.25, 0.3) is 11.3 Å². The van der Waals surface area contributed by atoms with Gasteiger partial charge >= 0.3 is 0 Å². The Kier molecular flexibility index (Phi) is 8.49. The van der Waals surface area contributed by atoms with Crippen molar-refractivity contribution < 1.29 is 9.63 Å². The van der Waals surface area contributed by atoms with Crippen molar-refractivity contribution in [1.29, 1.82) is 0 Å². The molecule has 1 atom stereocenters. The quantitative estimate of drug-likeness (QED) is 0.569. The third-order valence-electron chi connectivity index (χ3n) is 5.70. The smallest absolute Gasteiger partial charge is 0.232 e. The van der Waals surface area contributed by atoms with E-state index in [0.29, 0.717) is 13.1 Å². The maximum atomic E-state index is 10.5. The Balaban J connectivity index is 1.86. The van der Waals surface area contributed by atoms with E-state index in [1.54, 1.807) is 0 Å². The molecule has 0 radical (unpaired) electrons. The van der Waals surface area contributed by atoms with Crippen molar-refractivity contribution in [3.05, 3.63) is 48.6 Å². The fourth-order valence-electron chi connectivity index (χ4n) is 4.00. The zero-order valence-electron chi connectivity index (χ0n) is 18.5. The second-order valence-corrected chi connectivity index (χ2v) is 8.23. The van der Waals surface area contributed by atoms with Crippen molar-refractivity contribution in [3.8, 4) is 11.3 Å². The molecular formula is C24H36N4O2. The minimum Gasteiger partial charge on any atom is -0.392 e. The van der Waals surface area contributed by atoms with Crippen molar-refractivity contribution >= 4 is 5.88 Å². The summed E-state index contributed by atoms with van der Waals surface area (Å²) in [6.45, 7) is 12.1. The van der Waals surface area contributed by atoms with E-state index in [1.165, 1.54) is 0 Å². The maximum absolute atomic E-state index is 10.5. The van der Waals surface area contributed by atoms with E-state index in [2.05, 4.69) is 52.5 Å². The molecule has 1 saturated heterocycles. The predicted molar refractivity (Wildman–Crippen MR) is 123 cm³/mol. The molecule has 1 N–H and O–H groups in total. The van der Waals surface area contributed by atoms with Crippen LogP contribution in [0.4, 0.5) is 5.88 Å². The van der Waals surface area contributed by atoms with Crippen molar-refractivity contribution in [2.45, 2.75) is 38.8 Å². The zero-order chi connectivity index (χ0) is 21.3. The van der Waals surface area contributed by atoms with Gasteiger partial charge in [0.05, 0.1) is 11.7 Å². The van der Waals surface area contributed by atoms with Gasteiger partial charge in [0.25, 0.3) is 0 Å². The molecule has 30 heavy (non-hydrogen) atoms. The summed E-state index contributed by atoms with van der Waals surface area (Å²) >= 11 is 0. The molecule has 0 aliphatic carbocycles. The SMILES string of the molecule is C=CCCC(O)CN(CCC)Cc1c(-c2ccccc2)noc1N1CCN(C)CC1. The highest BCUT2D eigenvalue weighted by molar-refractivity contribution is 5.68. The second-order valence-electron chi connectivity index (χ2n) is 8.23. The summed E-state index contributed by atoms with van der Waals surface area (Å²) in [6.07, 6.45) is 4.11. The van der Waals surface area contributed by atoms with Gasteiger partial charge in [0.1, 0.15) is 5.69 Å². The molecule has 0 spiro atoms. The largest absolute Gasteiger partial charge is 0.392 e. The number of anilines is 1. The molecule has 0 amide bonds. The number of piperazine rings is 1. The summed E-state index contributed by atoms with van der Waals surface area (Å²) in [7, 11) is 2.15. The zero-order valence-corrected chi connectivity index (χ0v) is 18.5. The van der Waals surface area contributed by atoms with E-state index in [4.69, 9.17) is 4.52 Å². The van der Waals surface area contributed by atoms with E-state index in [0.717, 1.165) is 74.7 Å². The van der Waals surface area contributed by atoms with E-state index in [1.807, 2.05) is 24.3 Å². The van der Waals surface area contributed by atoms with E-state index in [-0.39, 0.29) is 6.10 Å². The molecule has 2 aromatic rings. The van der Waals surface area contributed by atoms with Crippen molar-refractivity contribution in [3.63, 3.8) is 0 Å². The first-order chi connectivity index (χ1) is 14.6. The van der Waals surface area contributed by atoms with Crippen molar-refractivity contribution in [2.75, 3.05) is 51.2 Å². The molecule has 2 heterocycles. The summed E-state index contributed by atoms with van der Waals surface area (Å²) in [5, 5.41) is 15.0. The van der Waals surface area contributed by atoms with Crippen LogP contribution in [0.5, 0.6) is 0 Å². The summed E-state index contributed by atoms with van der Waals surface area (Å²) in [5.41, 5.74) is 3.10. The van der Waals surface area contributed by atoms with Gasteiger partial charge in [-0.05, 0) is 32.9 Å². The first-order valence-electron chi connectivity index (χ1n) is 11.1. The number of hydrogen-bond acceptors (Lipinski definition) is 6. The number of benzene rings is 1.